The minimum absolute atomic E-state index is 0.850. The predicted molar refractivity (Wildman–Crippen MR) is 121 cm³/mol. The van der Waals surface area contributed by atoms with E-state index in [-0.39, 0.29) is 0 Å². The monoisotopic (exact) mass is 382 g/mol. The lowest BCUT2D eigenvalue weighted by molar-refractivity contribution is 1.32. The summed E-state index contributed by atoms with van der Waals surface area (Å²) < 4.78 is 3.41. The predicted octanol–water partition coefficient (Wildman–Crippen LogP) is 7.15. The van der Waals surface area contributed by atoms with Crippen molar-refractivity contribution in [3.63, 3.8) is 0 Å². The second kappa shape index (κ2) is 8.32. The molecule has 0 atom stereocenters. The van der Waals surface area contributed by atoms with Gasteiger partial charge >= 0.3 is 0 Å². The number of nitrogens with zero attached hydrogens (tertiary/aromatic N) is 1. The number of hydrogen-bond donors (Lipinski definition) is 1. The molecular weight excluding hydrogens is 360 g/mol. The first kappa shape index (κ1) is 18.3. The van der Waals surface area contributed by atoms with Crippen LogP contribution in [-0.2, 0) is 0 Å². The zero-order chi connectivity index (χ0) is 19.3. The lowest BCUT2D eigenvalue weighted by Gasteiger charge is -2.11. The van der Waals surface area contributed by atoms with Crippen LogP contribution in [0.2, 0.25) is 0 Å². The highest BCUT2D eigenvalue weighted by Gasteiger charge is 2.08. The highest BCUT2D eigenvalue weighted by Crippen LogP contribution is 2.30. The number of nitrogens with one attached hydrogen (secondary N) is 1. The average Bonchev–Trinajstić information content (AvgIpc) is 2.74. The van der Waals surface area contributed by atoms with Gasteiger partial charge in [0.15, 0.2) is 0 Å². The molecule has 0 radical (unpaired) electrons. The van der Waals surface area contributed by atoms with Crippen molar-refractivity contribution < 1.29 is 0 Å². The Hall–Kier alpha value is -3.04. The number of rotatable bonds is 5. The second-order valence-corrected chi connectivity index (χ2v) is 7.76. The topological polar surface area (TPSA) is 24.9 Å². The van der Waals surface area contributed by atoms with E-state index in [0.717, 1.165) is 27.5 Å². The van der Waals surface area contributed by atoms with Gasteiger partial charge in [0, 0.05) is 10.5 Å². The number of aryl methyl sites for hydroxylation is 2. The van der Waals surface area contributed by atoms with Gasteiger partial charge in [0.25, 0.3) is 0 Å². The van der Waals surface area contributed by atoms with Gasteiger partial charge in [-0.1, -0.05) is 77.9 Å². The highest BCUT2D eigenvalue weighted by atomic mass is 32.2. The third kappa shape index (κ3) is 4.44. The van der Waals surface area contributed by atoms with Crippen molar-refractivity contribution in [1.82, 2.24) is 4.98 Å². The molecule has 4 aromatic rings. The molecular formula is C25H22N2S. The summed E-state index contributed by atoms with van der Waals surface area (Å²) in [6, 6.07) is 31.7. The molecule has 2 nitrogen and oxygen atoms in total. The van der Waals surface area contributed by atoms with E-state index in [9.17, 15) is 0 Å². The van der Waals surface area contributed by atoms with Crippen LogP contribution < -0.4 is 4.72 Å². The molecule has 0 spiro atoms. The molecule has 3 heteroatoms. The fraction of sp³-hybridized carbons (Fsp3) is 0.0800. The Bertz CT molecular complexity index is 992. The summed E-state index contributed by atoms with van der Waals surface area (Å²) >= 11 is 1.57. The summed E-state index contributed by atoms with van der Waals surface area (Å²) in [6.45, 7) is 4.21. The molecule has 0 bridgehead atoms. The lowest BCUT2D eigenvalue weighted by atomic mass is 10.0. The van der Waals surface area contributed by atoms with Crippen LogP contribution in [-0.4, -0.2) is 4.98 Å². The van der Waals surface area contributed by atoms with Crippen LogP contribution in [0.15, 0.2) is 95.9 Å². The number of aromatic nitrogens is 1. The normalized spacial score (nSPS) is 10.6. The Labute approximate surface area is 170 Å². The summed E-state index contributed by atoms with van der Waals surface area (Å²) in [5.74, 6) is 0.850. The molecule has 138 valence electrons. The Morgan fingerprint density at radius 2 is 1.25 bits per heavy atom. The largest absolute Gasteiger partial charge is 0.310 e. The number of hydrogen-bond acceptors (Lipinski definition) is 3. The molecule has 1 heterocycles. The van der Waals surface area contributed by atoms with Gasteiger partial charge in [0.2, 0.25) is 0 Å². The fourth-order valence-corrected chi connectivity index (χ4v) is 3.59. The van der Waals surface area contributed by atoms with E-state index in [0.29, 0.717) is 0 Å². The maximum atomic E-state index is 4.86. The van der Waals surface area contributed by atoms with E-state index in [1.807, 2.05) is 18.2 Å². The summed E-state index contributed by atoms with van der Waals surface area (Å²) in [7, 11) is 0. The van der Waals surface area contributed by atoms with Crippen molar-refractivity contribution in [2.24, 2.45) is 0 Å². The SMILES string of the molecule is Cc1ccc(-c2cc(NSc3ccccc3)nc(-c3ccc(C)cc3)c2)cc1. The molecule has 0 saturated heterocycles. The van der Waals surface area contributed by atoms with Gasteiger partial charge < -0.3 is 4.72 Å². The van der Waals surface area contributed by atoms with Crippen LogP contribution in [0.4, 0.5) is 5.82 Å². The molecule has 0 unspecified atom stereocenters. The first-order valence-corrected chi connectivity index (χ1v) is 10.1. The Morgan fingerprint density at radius 3 is 1.89 bits per heavy atom. The number of benzene rings is 3. The Balaban J connectivity index is 1.71. The molecule has 0 saturated carbocycles. The van der Waals surface area contributed by atoms with E-state index in [1.54, 1.807) is 11.9 Å². The molecule has 4 rings (SSSR count). The summed E-state index contributed by atoms with van der Waals surface area (Å²) in [4.78, 5) is 6.01. The van der Waals surface area contributed by atoms with Gasteiger partial charge in [-0.3, -0.25) is 0 Å². The maximum Gasteiger partial charge on any atom is 0.137 e. The van der Waals surface area contributed by atoms with Gasteiger partial charge in [-0.25, -0.2) is 4.98 Å². The molecule has 28 heavy (non-hydrogen) atoms. The van der Waals surface area contributed by atoms with E-state index in [2.05, 4.69) is 91.4 Å². The highest BCUT2D eigenvalue weighted by molar-refractivity contribution is 8.00. The first-order valence-electron chi connectivity index (χ1n) is 9.31. The lowest BCUT2D eigenvalue weighted by Crippen LogP contribution is -1.95. The number of pyridine rings is 1. The van der Waals surface area contributed by atoms with Gasteiger partial charge in [-0.15, -0.1) is 0 Å². The fourth-order valence-electron chi connectivity index (χ4n) is 2.97. The van der Waals surface area contributed by atoms with Crippen molar-refractivity contribution in [3.8, 4) is 22.4 Å². The average molecular weight is 383 g/mol. The quantitative estimate of drug-likeness (QED) is 0.371. The van der Waals surface area contributed by atoms with Crippen molar-refractivity contribution in [1.29, 1.82) is 0 Å². The molecule has 1 N–H and O–H groups in total. The minimum Gasteiger partial charge on any atom is -0.310 e. The van der Waals surface area contributed by atoms with Crippen LogP contribution in [0.3, 0.4) is 0 Å². The Kier molecular flexibility index (Phi) is 5.45. The molecule has 0 aliphatic carbocycles. The van der Waals surface area contributed by atoms with Crippen molar-refractivity contribution in [2.75, 3.05) is 4.72 Å². The van der Waals surface area contributed by atoms with Crippen molar-refractivity contribution in [3.05, 3.63) is 102 Å². The van der Waals surface area contributed by atoms with Gasteiger partial charge in [-0.2, -0.15) is 0 Å². The second-order valence-electron chi connectivity index (χ2n) is 6.88. The zero-order valence-corrected chi connectivity index (χ0v) is 16.8. The van der Waals surface area contributed by atoms with Gasteiger partial charge in [0.1, 0.15) is 5.82 Å². The maximum absolute atomic E-state index is 4.86. The summed E-state index contributed by atoms with van der Waals surface area (Å²) in [6.07, 6.45) is 0. The standard InChI is InChI=1S/C25H22N2S/c1-18-8-12-20(13-9-18)22-16-24(21-14-10-19(2)11-15-21)26-25(17-22)27-28-23-6-4-3-5-7-23/h3-17H,1-2H3,(H,26,27). The Morgan fingerprint density at radius 1 is 0.643 bits per heavy atom. The third-order valence-corrected chi connectivity index (χ3v) is 5.39. The number of anilines is 1. The third-order valence-electron chi connectivity index (χ3n) is 4.57. The zero-order valence-electron chi connectivity index (χ0n) is 16.0. The van der Waals surface area contributed by atoms with Crippen LogP contribution in [0.5, 0.6) is 0 Å². The van der Waals surface area contributed by atoms with Gasteiger partial charge in [-0.05, 0) is 61.2 Å². The van der Waals surface area contributed by atoms with Crippen LogP contribution >= 0.6 is 11.9 Å². The molecule has 0 fully saturated rings. The van der Waals surface area contributed by atoms with Crippen molar-refractivity contribution in [2.45, 2.75) is 18.7 Å². The summed E-state index contributed by atoms with van der Waals surface area (Å²) in [5, 5.41) is 0. The van der Waals surface area contributed by atoms with E-state index < -0.39 is 0 Å². The minimum atomic E-state index is 0.850. The molecule has 0 aliphatic rings. The van der Waals surface area contributed by atoms with Crippen LogP contribution in [0.1, 0.15) is 11.1 Å². The molecule has 0 aliphatic heterocycles. The van der Waals surface area contributed by atoms with Crippen molar-refractivity contribution >= 4 is 17.8 Å². The van der Waals surface area contributed by atoms with Gasteiger partial charge in [0.05, 0.1) is 5.69 Å². The van der Waals surface area contributed by atoms with Crippen LogP contribution in [0, 0.1) is 13.8 Å². The molecule has 1 aromatic heterocycles. The van der Waals surface area contributed by atoms with E-state index in [1.165, 1.54) is 16.7 Å². The smallest absolute Gasteiger partial charge is 0.137 e. The summed E-state index contributed by atoms with van der Waals surface area (Å²) in [5.41, 5.74) is 6.93. The van der Waals surface area contributed by atoms with Crippen LogP contribution in [0.25, 0.3) is 22.4 Å². The van der Waals surface area contributed by atoms with E-state index >= 15 is 0 Å². The van der Waals surface area contributed by atoms with E-state index in [4.69, 9.17) is 4.98 Å². The molecule has 3 aromatic carbocycles. The first-order chi connectivity index (χ1) is 13.7. The molecule has 0 amide bonds.